The Morgan fingerprint density at radius 1 is 1.37 bits per heavy atom. The molecule has 27 heavy (non-hydrogen) atoms. The Bertz CT molecular complexity index is 845. The molecule has 0 saturated heterocycles. The van der Waals surface area contributed by atoms with E-state index in [-0.39, 0.29) is 5.91 Å². The summed E-state index contributed by atoms with van der Waals surface area (Å²) in [7, 11) is 1.62. The van der Waals surface area contributed by atoms with Crippen molar-refractivity contribution in [3.8, 4) is 5.75 Å². The molecule has 0 bridgehead atoms. The van der Waals surface area contributed by atoms with Crippen LogP contribution in [-0.4, -0.2) is 41.2 Å². The third kappa shape index (κ3) is 4.50. The molecule has 8 heteroatoms. The largest absolute Gasteiger partial charge is 0.497 e. The van der Waals surface area contributed by atoms with Gasteiger partial charge in [-0.05, 0) is 66.0 Å². The van der Waals surface area contributed by atoms with Crippen LogP contribution in [0.4, 0.5) is 0 Å². The lowest BCUT2D eigenvalue weighted by molar-refractivity contribution is -0.131. The molecule has 1 aliphatic rings. The van der Waals surface area contributed by atoms with Crippen LogP contribution in [-0.2, 0) is 16.2 Å². The van der Waals surface area contributed by atoms with Gasteiger partial charge in [-0.25, -0.2) is 0 Å². The number of carbonyl (C=O) groups is 1. The molecule has 1 atom stereocenters. The molecular formula is C19H23BrN4O3. The van der Waals surface area contributed by atoms with Crippen LogP contribution in [0, 0.1) is 13.8 Å². The van der Waals surface area contributed by atoms with E-state index in [9.17, 15) is 4.79 Å². The average Bonchev–Trinajstić information content (AvgIpc) is 3.27. The van der Waals surface area contributed by atoms with Crippen molar-refractivity contribution in [2.75, 3.05) is 13.7 Å². The summed E-state index contributed by atoms with van der Waals surface area (Å²) in [5, 5.41) is 11.4. The highest BCUT2D eigenvalue weighted by Gasteiger charge is 2.28. The van der Waals surface area contributed by atoms with Crippen molar-refractivity contribution in [1.29, 1.82) is 0 Å². The Morgan fingerprint density at radius 3 is 2.74 bits per heavy atom. The molecule has 1 N–H and O–H groups in total. The quantitative estimate of drug-likeness (QED) is 0.679. The maximum absolute atomic E-state index is 12.3. The molecule has 0 spiro atoms. The fourth-order valence-corrected chi connectivity index (χ4v) is 3.20. The van der Waals surface area contributed by atoms with Crippen molar-refractivity contribution in [3.05, 3.63) is 45.7 Å². The number of amides is 1. The van der Waals surface area contributed by atoms with Gasteiger partial charge >= 0.3 is 0 Å². The summed E-state index contributed by atoms with van der Waals surface area (Å²) in [6, 6.07) is 7.55. The number of hydrogen-bond donors (Lipinski definition) is 1. The van der Waals surface area contributed by atoms with Gasteiger partial charge in [0.15, 0.2) is 0 Å². The van der Waals surface area contributed by atoms with Gasteiger partial charge in [0.1, 0.15) is 5.75 Å². The molecule has 0 saturated carbocycles. The fraction of sp³-hybridized carbons (Fsp3) is 0.421. The molecule has 0 radical (unpaired) electrons. The Morgan fingerprint density at radius 2 is 2.11 bits per heavy atom. The molecule has 1 unspecified atom stereocenters. The lowest BCUT2D eigenvalue weighted by Crippen LogP contribution is -2.35. The summed E-state index contributed by atoms with van der Waals surface area (Å²) in [6.45, 7) is 5.30. The van der Waals surface area contributed by atoms with Crippen LogP contribution in [0.1, 0.15) is 29.8 Å². The predicted molar refractivity (Wildman–Crippen MR) is 106 cm³/mol. The first-order chi connectivity index (χ1) is 13.0. The van der Waals surface area contributed by atoms with Crippen molar-refractivity contribution in [2.45, 2.75) is 39.3 Å². The number of oxime groups is 1. The zero-order chi connectivity index (χ0) is 19.4. The van der Waals surface area contributed by atoms with E-state index in [0.717, 1.165) is 45.9 Å². The molecule has 3 rings (SSSR count). The first-order valence-corrected chi connectivity index (χ1v) is 9.63. The predicted octanol–water partition coefficient (Wildman–Crippen LogP) is 2.97. The number of nitrogens with zero attached hydrogens (tertiary/aromatic N) is 3. The number of benzene rings is 1. The zero-order valence-electron chi connectivity index (χ0n) is 15.7. The topological polar surface area (TPSA) is 77.7 Å². The minimum absolute atomic E-state index is 0.142. The maximum atomic E-state index is 12.3. The van der Waals surface area contributed by atoms with Crippen molar-refractivity contribution < 1.29 is 14.4 Å². The van der Waals surface area contributed by atoms with Crippen LogP contribution in [0.15, 0.2) is 33.9 Å². The fourth-order valence-electron chi connectivity index (χ4n) is 2.92. The molecule has 144 valence electrons. The molecule has 0 aliphatic carbocycles. The first kappa shape index (κ1) is 19.4. The van der Waals surface area contributed by atoms with Crippen molar-refractivity contribution in [2.24, 2.45) is 5.16 Å². The van der Waals surface area contributed by atoms with E-state index >= 15 is 0 Å². The summed E-state index contributed by atoms with van der Waals surface area (Å²) >= 11 is 3.52. The number of nitrogens with one attached hydrogen (secondary N) is 1. The summed E-state index contributed by atoms with van der Waals surface area (Å²) in [4.78, 5) is 17.6. The highest BCUT2D eigenvalue weighted by atomic mass is 79.9. The summed E-state index contributed by atoms with van der Waals surface area (Å²) < 4.78 is 8.13. The minimum atomic E-state index is -0.579. The number of aromatic nitrogens is 2. The van der Waals surface area contributed by atoms with Gasteiger partial charge in [0.2, 0.25) is 6.10 Å². The van der Waals surface area contributed by atoms with E-state index in [0.29, 0.717) is 13.0 Å². The Kier molecular flexibility index (Phi) is 6.15. The first-order valence-electron chi connectivity index (χ1n) is 8.84. The lowest BCUT2D eigenvalue weighted by Gasteiger charge is -2.10. The number of hydrogen-bond acceptors (Lipinski definition) is 5. The number of methoxy groups -OCH3 is 1. The van der Waals surface area contributed by atoms with E-state index in [2.05, 4.69) is 31.5 Å². The lowest BCUT2D eigenvalue weighted by atomic mass is 10.0. The maximum Gasteiger partial charge on any atom is 0.264 e. The number of rotatable bonds is 7. The van der Waals surface area contributed by atoms with Gasteiger partial charge in [-0.15, -0.1) is 0 Å². The number of halogens is 1. The molecule has 2 aromatic rings. The van der Waals surface area contributed by atoms with E-state index in [1.165, 1.54) is 0 Å². The van der Waals surface area contributed by atoms with E-state index in [4.69, 9.17) is 9.57 Å². The molecule has 1 aromatic carbocycles. The summed E-state index contributed by atoms with van der Waals surface area (Å²) in [5.41, 5.74) is 3.76. The Balaban J connectivity index is 1.43. The van der Waals surface area contributed by atoms with Gasteiger partial charge < -0.3 is 14.9 Å². The molecular weight excluding hydrogens is 412 g/mol. The highest BCUT2D eigenvalue weighted by molar-refractivity contribution is 9.10. The van der Waals surface area contributed by atoms with E-state index in [1.54, 1.807) is 7.11 Å². The SMILES string of the molecule is COc1ccc(C2=NOC(C(=O)NCCCn3nc(C)c(Br)c3C)C2)cc1. The molecule has 7 nitrogen and oxygen atoms in total. The van der Waals surface area contributed by atoms with Gasteiger partial charge in [-0.2, -0.15) is 5.10 Å². The van der Waals surface area contributed by atoms with Crippen molar-refractivity contribution in [1.82, 2.24) is 15.1 Å². The molecule has 2 heterocycles. The zero-order valence-corrected chi connectivity index (χ0v) is 17.2. The van der Waals surface area contributed by atoms with E-state index in [1.807, 2.05) is 42.8 Å². The standard InChI is InChI=1S/C19H23BrN4O3/c1-12-18(20)13(2)24(22-12)10-4-9-21-19(25)17-11-16(23-27-17)14-5-7-15(26-3)8-6-14/h5-8,17H,4,9-11H2,1-3H3,(H,21,25). The smallest absolute Gasteiger partial charge is 0.264 e. The van der Waals surface area contributed by atoms with Gasteiger partial charge in [-0.3, -0.25) is 9.48 Å². The van der Waals surface area contributed by atoms with Crippen LogP contribution in [0.2, 0.25) is 0 Å². The second-order valence-corrected chi connectivity index (χ2v) is 7.21. The summed E-state index contributed by atoms with van der Waals surface area (Å²) in [5.74, 6) is 0.638. The Hall–Kier alpha value is -2.35. The van der Waals surface area contributed by atoms with Gasteiger partial charge in [0.25, 0.3) is 5.91 Å². The van der Waals surface area contributed by atoms with Gasteiger partial charge in [-0.1, -0.05) is 5.16 Å². The molecule has 1 aromatic heterocycles. The van der Waals surface area contributed by atoms with Crippen molar-refractivity contribution >= 4 is 27.5 Å². The van der Waals surface area contributed by atoms with Crippen LogP contribution < -0.4 is 10.1 Å². The van der Waals surface area contributed by atoms with E-state index < -0.39 is 6.10 Å². The van der Waals surface area contributed by atoms with Gasteiger partial charge in [0.05, 0.1) is 23.0 Å². The second-order valence-electron chi connectivity index (χ2n) is 6.42. The molecule has 1 amide bonds. The van der Waals surface area contributed by atoms with Crippen molar-refractivity contribution in [3.63, 3.8) is 0 Å². The normalized spacial score (nSPS) is 16.0. The second kappa shape index (κ2) is 8.56. The molecule has 1 aliphatic heterocycles. The third-order valence-corrected chi connectivity index (χ3v) is 5.67. The highest BCUT2D eigenvalue weighted by Crippen LogP contribution is 2.20. The van der Waals surface area contributed by atoms with Crippen LogP contribution in [0.3, 0.4) is 0 Å². The Labute approximate surface area is 166 Å². The third-order valence-electron chi connectivity index (χ3n) is 4.52. The monoisotopic (exact) mass is 434 g/mol. The minimum Gasteiger partial charge on any atom is -0.497 e. The van der Waals surface area contributed by atoms with Crippen LogP contribution >= 0.6 is 15.9 Å². The van der Waals surface area contributed by atoms with Crippen LogP contribution in [0.5, 0.6) is 5.75 Å². The number of ether oxygens (including phenoxy) is 1. The average molecular weight is 435 g/mol. The van der Waals surface area contributed by atoms with Crippen LogP contribution in [0.25, 0.3) is 0 Å². The molecule has 0 fully saturated rings. The number of aryl methyl sites for hydroxylation is 2. The number of carbonyl (C=O) groups excluding carboxylic acids is 1. The van der Waals surface area contributed by atoms with Gasteiger partial charge in [0, 0.05) is 25.2 Å². The summed E-state index contributed by atoms with van der Waals surface area (Å²) in [6.07, 6.45) is 0.673.